The van der Waals surface area contributed by atoms with Gasteiger partial charge in [-0.25, -0.2) is 0 Å². The van der Waals surface area contributed by atoms with Crippen molar-refractivity contribution in [3.63, 3.8) is 0 Å². The van der Waals surface area contributed by atoms with Crippen LogP contribution in [0, 0.1) is 11.3 Å². The Balaban J connectivity index is 2.23. The van der Waals surface area contributed by atoms with Gasteiger partial charge < -0.3 is 0 Å². The highest BCUT2D eigenvalue weighted by Gasteiger charge is 2.29. The highest BCUT2D eigenvalue weighted by Crippen LogP contribution is 2.35. The van der Waals surface area contributed by atoms with Gasteiger partial charge in [0.1, 0.15) is 6.10 Å². The molecule has 1 fully saturated rings. The first-order valence-corrected chi connectivity index (χ1v) is 8.34. The van der Waals surface area contributed by atoms with Crippen molar-refractivity contribution in [2.24, 2.45) is 11.3 Å². The normalized spacial score (nSPS) is 21.3. The number of rotatable bonds is 5. The van der Waals surface area contributed by atoms with Crippen molar-refractivity contribution in [2.75, 3.05) is 6.16 Å². The molecule has 1 rings (SSSR count). The van der Waals surface area contributed by atoms with Crippen LogP contribution in [-0.4, -0.2) is 12.3 Å². The third-order valence-corrected chi connectivity index (χ3v) is 4.70. The molecule has 3 heteroatoms. The zero-order chi connectivity index (χ0) is 12.9. The van der Waals surface area contributed by atoms with Gasteiger partial charge >= 0.3 is 8.03 Å². The summed E-state index contributed by atoms with van der Waals surface area (Å²) < 4.78 is 17.6. The van der Waals surface area contributed by atoms with Crippen LogP contribution in [0.15, 0.2) is 0 Å². The van der Waals surface area contributed by atoms with E-state index in [0.717, 1.165) is 25.4 Å². The molecule has 0 spiro atoms. The molecule has 1 aliphatic rings. The van der Waals surface area contributed by atoms with Crippen LogP contribution in [0.1, 0.15) is 66.2 Å². The van der Waals surface area contributed by atoms with Crippen LogP contribution in [0.2, 0.25) is 0 Å². The van der Waals surface area contributed by atoms with Crippen molar-refractivity contribution in [3.05, 3.63) is 0 Å². The average Bonchev–Trinajstić information content (AvgIpc) is 2.15. The van der Waals surface area contributed by atoms with Crippen molar-refractivity contribution >= 4 is 8.03 Å². The molecule has 1 saturated carbocycles. The molecule has 100 valence electrons. The summed E-state index contributed by atoms with van der Waals surface area (Å²) in [6.45, 7) is 8.89. The molecule has 0 bridgehead atoms. The predicted molar refractivity (Wildman–Crippen MR) is 73.7 cm³/mol. The van der Waals surface area contributed by atoms with Crippen LogP contribution in [0.5, 0.6) is 0 Å². The van der Waals surface area contributed by atoms with E-state index in [1.807, 2.05) is 0 Å². The van der Waals surface area contributed by atoms with E-state index < -0.39 is 8.03 Å². The fourth-order valence-corrected chi connectivity index (χ4v) is 4.01. The maximum Gasteiger partial charge on any atom is 0.508 e. The lowest BCUT2D eigenvalue weighted by Gasteiger charge is -2.21. The highest BCUT2D eigenvalue weighted by molar-refractivity contribution is 7.39. The molecule has 0 aromatic rings. The van der Waals surface area contributed by atoms with Crippen LogP contribution in [0.4, 0.5) is 0 Å². The molecule has 0 aromatic carbocycles. The number of hydrogen-bond acceptors (Lipinski definition) is 2. The smallest absolute Gasteiger partial charge is 0.143 e. The lowest BCUT2D eigenvalue weighted by Crippen LogP contribution is -2.16. The second kappa shape index (κ2) is 6.85. The van der Waals surface area contributed by atoms with Gasteiger partial charge in [-0.15, -0.1) is 4.52 Å². The van der Waals surface area contributed by atoms with Crippen LogP contribution in [0.3, 0.4) is 0 Å². The van der Waals surface area contributed by atoms with Crippen LogP contribution in [-0.2, 0) is 9.09 Å². The van der Waals surface area contributed by atoms with Gasteiger partial charge in [0, 0.05) is 5.92 Å². The van der Waals surface area contributed by atoms with Gasteiger partial charge in [-0.3, -0.25) is 0 Å². The molecule has 0 N–H and O–H groups in total. The summed E-state index contributed by atoms with van der Waals surface area (Å²) in [6, 6.07) is 0. The summed E-state index contributed by atoms with van der Waals surface area (Å²) in [4.78, 5) is 0. The molecule has 2 atom stereocenters. The molecular formula is C14H28O2P+. The Morgan fingerprint density at radius 1 is 1.24 bits per heavy atom. The molecule has 0 aromatic heterocycles. The van der Waals surface area contributed by atoms with Crippen LogP contribution in [0.25, 0.3) is 0 Å². The second-order valence-electron chi connectivity index (χ2n) is 6.75. The van der Waals surface area contributed by atoms with Gasteiger partial charge in [0.15, 0.2) is 6.16 Å². The summed E-state index contributed by atoms with van der Waals surface area (Å²) in [7, 11) is -1.45. The lowest BCUT2D eigenvalue weighted by molar-refractivity contribution is 0.164. The Hall–Kier alpha value is 0.0600. The van der Waals surface area contributed by atoms with E-state index in [0.29, 0.717) is 11.3 Å². The first-order valence-electron chi connectivity index (χ1n) is 6.98. The van der Waals surface area contributed by atoms with Gasteiger partial charge in [0.05, 0.1) is 0 Å². The van der Waals surface area contributed by atoms with Crippen molar-refractivity contribution in [1.82, 2.24) is 0 Å². The Morgan fingerprint density at radius 3 is 2.35 bits per heavy atom. The van der Waals surface area contributed by atoms with Gasteiger partial charge in [-0.05, 0) is 29.2 Å². The highest BCUT2D eigenvalue weighted by atomic mass is 31.1. The SMILES string of the molecule is CC(C[P+](=O)OC1CCCCC1)CC(C)(C)C. The van der Waals surface area contributed by atoms with Crippen LogP contribution < -0.4 is 0 Å². The third kappa shape index (κ3) is 7.16. The summed E-state index contributed by atoms with van der Waals surface area (Å²) in [6.07, 6.45) is 8.12. The van der Waals surface area contributed by atoms with E-state index >= 15 is 0 Å². The van der Waals surface area contributed by atoms with Gasteiger partial charge in [0.25, 0.3) is 0 Å². The minimum absolute atomic E-state index is 0.272. The Kier molecular flexibility index (Phi) is 6.09. The molecule has 0 amide bonds. The van der Waals surface area contributed by atoms with Gasteiger partial charge in [-0.2, -0.15) is 0 Å². The fraction of sp³-hybridized carbons (Fsp3) is 1.00. The topological polar surface area (TPSA) is 26.3 Å². The maximum atomic E-state index is 11.9. The van der Waals surface area contributed by atoms with Gasteiger partial charge in [-0.1, -0.05) is 47.0 Å². The fourth-order valence-electron chi connectivity index (χ4n) is 2.74. The number of hydrogen-bond donors (Lipinski definition) is 0. The van der Waals surface area contributed by atoms with Gasteiger partial charge in [0.2, 0.25) is 0 Å². The average molecular weight is 259 g/mol. The first-order chi connectivity index (χ1) is 7.87. The second-order valence-corrected chi connectivity index (χ2v) is 7.99. The van der Waals surface area contributed by atoms with Crippen molar-refractivity contribution < 1.29 is 9.09 Å². The minimum Gasteiger partial charge on any atom is -0.143 e. The maximum absolute atomic E-state index is 11.9. The molecule has 1 aliphatic carbocycles. The van der Waals surface area contributed by atoms with E-state index in [1.165, 1.54) is 19.3 Å². The van der Waals surface area contributed by atoms with E-state index in [-0.39, 0.29) is 6.10 Å². The third-order valence-electron chi connectivity index (χ3n) is 3.24. The Labute approximate surface area is 107 Å². The summed E-state index contributed by atoms with van der Waals surface area (Å²) in [5.74, 6) is 0.488. The predicted octanol–water partition coefficient (Wildman–Crippen LogP) is 5.15. The molecule has 2 nitrogen and oxygen atoms in total. The van der Waals surface area contributed by atoms with E-state index in [2.05, 4.69) is 27.7 Å². The Morgan fingerprint density at radius 2 is 1.82 bits per heavy atom. The van der Waals surface area contributed by atoms with Crippen molar-refractivity contribution in [2.45, 2.75) is 72.3 Å². The first kappa shape index (κ1) is 15.1. The molecular weight excluding hydrogens is 231 g/mol. The molecule has 17 heavy (non-hydrogen) atoms. The largest absolute Gasteiger partial charge is 0.508 e. The van der Waals surface area contributed by atoms with Crippen LogP contribution >= 0.6 is 8.03 Å². The van der Waals surface area contributed by atoms with E-state index in [1.54, 1.807) is 0 Å². The van der Waals surface area contributed by atoms with Crippen molar-refractivity contribution in [1.29, 1.82) is 0 Å². The molecule has 0 saturated heterocycles. The molecule has 0 heterocycles. The van der Waals surface area contributed by atoms with Crippen molar-refractivity contribution in [3.8, 4) is 0 Å². The Bertz CT molecular complexity index is 239. The summed E-state index contributed by atoms with van der Waals surface area (Å²) >= 11 is 0. The molecule has 2 unspecified atom stereocenters. The zero-order valence-electron chi connectivity index (χ0n) is 11.9. The van der Waals surface area contributed by atoms with E-state index in [9.17, 15) is 4.57 Å². The minimum atomic E-state index is -1.45. The summed E-state index contributed by atoms with van der Waals surface area (Å²) in [5, 5.41) is 0. The quantitative estimate of drug-likeness (QED) is 0.638. The molecule has 0 radical (unpaired) electrons. The lowest BCUT2D eigenvalue weighted by atomic mass is 9.86. The summed E-state index contributed by atoms with van der Waals surface area (Å²) in [5.41, 5.74) is 0.320. The molecule has 0 aliphatic heterocycles. The standard InChI is InChI=1S/C14H28O2P/c1-12(10-14(2,3)4)11-17(15)16-13-8-6-5-7-9-13/h12-13H,5-11H2,1-4H3/q+1. The zero-order valence-corrected chi connectivity index (χ0v) is 12.8. The van der Waals surface area contributed by atoms with E-state index in [4.69, 9.17) is 4.52 Å². The monoisotopic (exact) mass is 259 g/mol.